The second-order valence-corrected chi connectivity index (χ2v) is 7.93. The minimum absolute atomic E-state index is 0.00919. The van der Waals surface area contributed by atoms with Gasteiger partial charge in [-0.15, -0.1) is 0 Å². The maximum atomic E-state index is 13.5. The van der Waals surface area contributed by atoms with Crippen molar-refractivity contribution in [3.05, 3.63) is 59.9 Å². The molecule has 152 valence electrons. The van der Waals surface area contributed by atoms with E-state index in [1.165, 1.54) is 0 Å². The van der Waals surface area contributed by atoms with Gasteiger partial charge in [0.05, 0.1) is 12.2 Å². The van der Waals surface area contributed by atoms with Crippen LogP contribution in [0.2, 0.25) is 0 Å². The predicted octanol–water partition coefficient (Wildman–Crippen LogP) is 3.21. The molecule has 1 saturated carbocycles. The summed E-state index contributed by atoms with van der Waals surface area (Å²) in [6.45, 7) is 2.39. The summed E-state index contributed by atoms with van der Waals surface area (Å²) in [6, 6.07) is 13.3. The highest BCUT2D eigenvalue weighted by molar-refractivity contribution is 5.98. The van der Waals surface area contributed by atoms with E-state index in [1.807, 2.05) is 41.3 Å². The Morgan fingerprint density at radius 3 is 2.76 bits per heavy atom. The second kappa shape index (κ2) is 9.18. The molecule has 6 heteroatoms. The minimum Gasteiger partial charge on any atom is -0.330 e. The first-order valence-corrected chi connectivity index (χ1v) is 10.5. The molecule has 0 bridgehead atoms. The smallest absolute Gasteiger partial charge is 0.254 e. The van der Waals surface area contributed by atoms with Crippen molar-refractivity contribution >= 4 is 17.5 Å². The van der Waals surface area contributed by atoms with Crippen molar-refractivity contribution < 1.29 is 9.59 Å². The van der Waals surface area contributed by atoms with Gasteiger partial charge in [0.25, 0.3) is 5.91 Å². The predicted molar refractivity (Wildman–Crippen MR) is 112 cm³/mol. The fourth-order valence-corrected chi connectivity index (χ4v) is 3.83. The fourth-order valence-electron chi connectivity index (χ4n) is 3.83. The van der Waals surface area contributed by atoms with Gasteiger partial charge in [0.1, 0.15) is 0 Å². The molecule has 2 heterocycles. The van der Waals surface area contributed by atoms with Crippen molar-refractivity contribution in [2.45, 2.75) is 44.7 Å². The summed E-state index contributed by atoms with van der Waals surface area (Å²) >= 11 is 0. The van der Waals surface area contributed by atoms with Crippen molar-refractivity contribution in [3.8, 4) is 0 Å². The van der Waals surface area contributed by atoms with Crippen molar-refractivity contribution in [1.82, 2.24) is 15.2 Å². The molecular weight excluding hydrogens is 364 g/mol. The number of nitrogens with zero attached hydrogens (tertiary/aromatic N) is 2. The van der Waals surface area contributed by atoms with Gasteiger partial charge < -0.3 is 15.5 Å². The number of nitrogens with one attached hydrogen (secondary N) is 2. The zero-order valence-electron chi connectivity index (χ0n) is 16.6. The van der Waals surface area contributed by atoms with Crippen LogP contribution in [0.3, 0.4) is 0 Å². The lowest BCUT2D eigenvalue weighted by Gasteiger charge is -2.31. The van der Waals surface area contributed by atoms with Crippen LogP contribution in [0.1, 0.15) is 48.2 Å². The molecule has 2 fully saturated rings. The number of carbonyl (C=O) groups is 2. The maximum Gasteiger partial charge on any atom is 0.254 e. The molecule has 1 aromatic carbocycles. The third-order valence-electron chi connectivity index (χ3n) is 5.63. The van der Waals surface area contributed by atoms with Gasteiger partial charge in [-0.1, -0.05) is 12.1 Å². The highest BCUT2D eigenvalue weighted by Crippen LogP contribution is 2.30. The van der Waals surface area contributed by atoms with E-state index >= 15 is 0 Å². The Labute approximate surface area is 171 Å². The first-order valence-electron chi connectivity index (χ1n) is 10.5. The lowest BCUT2D eigenvalue weighted by molar-refractivity contribution is -0.117. The van der Waals surface area contributed by atoms with Crippen molar-refractivity contribution in [3.63, 3.8) is 0 Å². The van der Waals surface area contributed by atoms with E-state index in [1.54, 1.807) is 12.3 Å². The van der Waals surface area contributed by atoms with Crippen LogP contribution in [0.25, 0.3) is 0 Å². The van der Waals surface area contributed by atoms with Gasteiger partial charge >= 0.3 is 0 Å². The molecule has 1 aromatic heterocycles. The first kappa shape index (κ1) is 19.6. The van der Waals surface area contributed by atoms with Gasteiger partial charge in [-0.2, -0.15) is 0 Å². The maximum absolute atomic E-state index is 13.5. The van der Waals surface area contributed by atoms with Gasteiger partial charge in [0.15, 0.2) is 0 Å². The van der Waals surface area contributed by atoms with E-state index in [0.29, 0.717) is 17.8 Å². The van der Waals surface area contributed by atoms with Gasteiger partial charge in [0, 0.05) is 29.4 Å². The molecule has 0 radical (unpaired) electrons. The summed E-state index contributed by atoms with van der Waals surface area (Å²) in [5, 5.41) is 6.37. The molecule has 1 atom stereocenters. The van der Waals surface area contributed by atoms with E-state index in [9.17, 15) is 9.59 Å². The van der Waals surface area contributed by atoms with Crippen LogP contribution < -0.4 is 10.6 Å². The molecule has 1 aliphatic carbocycles. The number of hydrogen-bond donors (Lipinski definition) is 2. The Kier molecular flexibility index (Phi) is 6.20. The highest BCUT2D eigenvalue weighted by Gasteiger charge is 2.30. The fraction of sp³-hybridized carbons (Fsp3) is 0.435. The highest BCUT2D eigenvalue weighted by atomic mass is 16.2. The lowest BCUT2D eigenvalue weighted by Crippen LogP contribution is -2.40. The molecule has 1 aliphatic heterocycles. The quantitative estimate of drug-likeness (QED) is 0.792. The summed E-state index contributed by atoms with van der Waals surface area (Å²) in [6.07, 6.45) is 6.63. The summed E-state index contributed by atoms with van der Waals surface area (Å²) in [5.74, 6) is 0.174. The number of aromatic nitrogens is 1. The molecule has 1 saturated heterocycles. The van der Waals surface area contributed by atoms with Crippen molar-refractivity contribution in [2.24, 2.45) is 5.92 Å². The number of carbonyl (C=O) groups excluding carboxylic acids is 2. The van der Waals surface area contributed by atoms with Crippen LogP contribution in [-0.2, 0) is 11.3 Å². The van der Waals surface area contributed by atoms with E-state index < -0.39 is 0 Å². The van der Waals surface area contributed by atoms with E-state index in [4.69, 9.17) is 0 Å². The molecule has 6 nitrogen and oxygen atoms in total. The van der Waals surface area contributed by atoms with Crippen LogP contribution in [0, 0.1) is 5.92 Å². The number of rotatable bonds is 6. The van der Waals surface area contributed by atoms with Gasteiger partial charge in [-0.3, -0.25) is 14.6 Å². The van der Waals surface area contributed by atoms with Crippen molar-refractivity contribution in [1.29, 1.82) is 0 Å². The van der Waals surface area contributed by atoms with Crippen molar-refractivity contribution in [2.75, 3.05) is 18.4 Å². The molecule has 2 aliphatic rings. The molecule has 2 amide bonds. The van der Waals surface area contributed by atoms with E-state index in [-0.39, 0.29) is 23.8 Å². The van der Waals surface area contributed by atoms with Crippen LogP contribution in [0.15, 0.2) is 48.7 Å². The van der Waals surface area contributed by atoms with E-state index in [2.05, 4.69) is 15.6 Å². The second-order valence-electron chi connectivity index (χ2n) is 7.93. The van der Waals surface area contributed by atoms with E-state index in [0.717, 1.165) is 50.9 Å². The number of amides is 2. The summed E-state index contributed by atoms with van der Waals surface area (Å²) in [7, 11) is 0. The number of benzene rings is 1. The van der Waals surface area contributed by atoms with Crippen LogP contribution in [0.4, 0.5) is 5.69 Å². The SMILES string of the molecule is O=C(Nc1cccc(C(=O)N(Cc2ccccn2)C2CCCNCC2)c1)C1CC1. The summed E-state index contributed by atoms with van der Waals surface area (Å²) < 4.78 is 0. The van der Waals surface area contributed by atoms with Gasteiger partial charge in [-0.25, -0.2) is 0 Å². The zero-order valence-corrected chi connectivity index (χ0v) is 16.6. The number of pyridine rings is 1. The van der Waals surface area contributed by atoms with Crippen LogP contribution in [-0.4, -0.2) is 40.8 Å². The van der Waals surface area contributed by atoms with Gasteiger partial charge in [-0.05, 0) is 75.5 Å². The summed E-state index contributed by atoms with van der Waals surface area (Å²) in [4.78, 5) is 32.0. The molecule has 4 rings (SSSR count). The topological polar surface area (TPSA) is 74.3 Å². The zero-order chi connectivity index (χ0) is 20.1. The Hall–Kier alpha value is -2.73. The molecule has 2 aromatic rings. The Balaban J connectivity index is 1.55. The molecule has 2 N–H and O–H groups in total. The molecule has 0 spiro atoms. The average molecular weight is 393 g/mol. The Morgan fingerprint density at radius 2 is 1.97 bits per heavy atom. The molecular formula is C23H28N4O2. The Bertz CT molecular complexity index is 843. The normalized spacial score (nSPS) is 19.2. The first-order chi connectivity index (χ1) is 14.2. The minimum atomic E-state index is -0.00919. The lowest BCUT2D eigenvalue weighted by atomic mass is 10.0. The summed E-state index contributed by atoms with van der Waals surface area (Å²) in [5.41, 5.74) is 2.18. The molecule has 1 unspecified atom stereocenters. The standard InChI is InChI=1S/C23H28N4O2/c28-22(17-9-10-17)26-19-7-3-5-18(15-19)23(29)27(16-20-6-1-2-13-25-20)21-8-4-12-24-14-11-21/h1-3,5-7,13,15,17,21,24H,4,8-12,14,16H2,(H,26,28). The Morgan fingerprint density at radius 1 is 1.07 bits per heavy atom. The third-order valence-corrected chi connectivity index (χ3v) is 5.63. The van der Waals surface area contributed by atoms with Crippen LogP contribution >= 0.6 is 0 Å². The van der Waals surface area contributed by atoms with Gasteiger partial charge in [0.2, 0.25) is 5.91 Å². The van der Waals surface area contributed by atoms with Crippen LogP contribution in [0.5, 0.6) is 0 Å². The monoisotopic (exact) mass is 392 g/mol. The molecule has 29 heavy (non-hydrogen) atoms. The average Bonchev–Trinajstić information content (AvgIpc) is 3.60. The number of hydrogen-bond acceptors (Lipinski definition) is 4. The largest absolute Gasteiger partial charge is 0.330 e. The third kappa shape index (κ3) is 5.21. The number of anilines is 1.